The number of aryl methyl sites for hydroxylation is 1. The molecule has 0 saturated carbocycles. The van der Waals surface area contributed by atoms with E-state index in [9.17, 15) is 4.79 Å². The zero-order valence-corrected chi connectivity index (χ0v) is 11.7. The Hall–Kier alpha value is -2.33. The number of carbonyl (C=O) groups excluding carboxylic acids is 1. The van der Waals surface area contributed by atoms with Gasteiger partial charge in [0.05, 0.1) is 6.61 Å². The summed E-state index contributed by atoms with van der Waals surface area (Å²) in [6, 6.07) is 13.0. The standard InChI is InChI=1S/C17H18N2O2/c20-11-12-3-1-5-15(9-12)19-17(21)14-6-7-16-13(10-14)4-2-8-18-16/h1,3,5-7,9-10,18,20H,2,4,8,11H2,(H,19,21). The normalized spacial score (nSPS) is 13.2. The van der Waals surface area contributed by atoms with E-state index in [4.69, 9.17) is 5.11 Å². The Labute approximate surface area is 123 Å². The molecular formula is C17H18N2O2. The third-order valence-electron chi connectivity index (χ3n) is 3.67. The maximum absolute atomic E-state index is 12.3. The zero-order chi connectivity index (χ0) is 14.7. The van der Waals surface area contributed by atoms with Gasteiger partial charge >= 0.3 is 0 Å². The number of hydrogen-bond donors (Lipinski definition) is 3. The van der Waals surface area contributed by atoms with Gasteiger partial charge in [0.2, 0.25) is 0 Å². The predicted octanol–water partition coefficient (Wildman–Crippen LogP) is 2.79. The summed E-state index contributed by atoms with van der Waals surface area (Å²) in [6.07, 6.45) is 2.10. The summed E-state index contributed by atoms with van der Waals surface area (Å²) in [5, 5.41) is 15.3. The Morgan fingerprint density at radius 3 is 3.00 bits per heavy atom. The molecule has 3 N–H and O–H groups in total. The first kappa shape index (κ1) is 13.6. The number of hydrogen-bond acceptors (Lipinski definition) is 3. The van der Waals surface area contributed by atoms with Crippen LogP contribution >= 0.6 is 0 Å². The van der Waals surface area contributed by atoms with Gasteiger partial charge in [-0.1, -0.05) is 12.1 Å². The molecule has 2 aromatic carbocycles. The van der Waals surface area contributed by atoms with Gasteiger partial charge in [-0.05, 0) is 54.3 Å². The van der Waals surface area contributed by atoms with Crippen LogP contribution < -0.4 is 10.6 Å². The van der Waals surface area contributed by atoms with Crippen LogP contribution in [0.4, 0.5) is 11.4 Å². The minimum absolute atomic E-state index is 0.0335. The van der Waals surface area contributed by atoms with Crippen molar-refractivity contribution < 1.29 is 9.90 Å². The predicted molar refractivity (Wildman–Crippen MR) is 83.6 cm³/mol. The first-order valence-corrected chi connectivity index (χ1v) is 7.14. The van der Waals surface area contributed by atoms with Crippen molar-refractivity contribution in [3.05, 3.63) is 59.2 Å². The van der Waals surface area contributed by atoms with Crippen LogP contribution in [0.5, 0.6) is 0 Å². The number of nitrogens with one attached hydrogen (secondary N) is 2. The second kappa shape index (κ2) is 5.97. The SMILES string of the molecule is O=C(Nc1cccc(CO)c1)c1ccc2c(c1)CCCN2. The number of anilines is 2. The van der Waals surface area contributed by atoms with Crippen LogP contribution in [0, 0.1) is 0 Å². The molecule has 2 aromatic rings. The topological polar surface area (TPSA) is 61.4 Å². The van der Waals surface area contributed by atoms with Gasteiger partial charge in [-0.25, -0.2) is 0 Å². The fourth-order valence-corrected chi connectivity index (χ4v) is 2.57. The maximum Gasteiger partial charge on any atom is 0.255 e. The maximum atomic E-state index is 12.3. The van der Waals surface area contributed by atoms with Crippen LogP contribution in [-0.4, -0.2) is 17.6 Å². The Morgan fingerprint density at radius 1 is 1.24 bits per heavy atom. The van der Waals surface area contributed by atoms with Crippen molar-refractivity contribution in [2.75, 3.05) is 17.2 Å². The van der Waals surface area contributed by atoms with Gasteiger partial charge in [-0.15, -0.1) is 0 Å². The molecule has 108 valence electrons. The second-order valence-corrected chi connectivity index (χ2v) is 5.21. The Balaban J connectivity index is 1.78. The van der Waals surface area contributed by atoms with E-state index < -0.39 is 0 Å². The Kier molecular flexibility index (Phi) is 3.88. The van der Waals surface area contributed by atoms with E-state index in [-0.39, 0.29) is 12.5 Å². The average molecular weight is 282 g/mol. The molecule has 1 heterocycles. The first-order chi connectivity index (χ1) is 10.3. The molecule has 3 rings (SSSR count). The Bertz CT molecular complexity index is 668. The van der Waals surface area contributed by atoms with E-state index in [2.05, 4.69) is 10.6 Å². The van der Waals surface area contributed by atoms with E-state index in [1.54, 1.807) is 6.07 Å². The van der Waals surface area contributed by atoms with Gasteiger partial charge in [-0.2, -0.15) is 0 Å². The van der Waals surface area contributed by atoms with Crippen LogP contribution in [0.1, 0.15) is 27.9 Å². The fraction of sp³-hybridized carbons (Fsp3) is 0.235. The van der Waals surface area contributed by atoms with Gasteiger partial charge in [0.25, 0.3) is 5.91 Å². The lowest BCUT2D eigenvalue weighted by Gasteiger charge is -2.18. The van der Waals surface area contributed by atoms with Crippen molar-refractivity contribution >= 4 is 17.3 Å². The van der Waals surface area contributed by atoms with Crippen LogP contribution in [0.15, 0.2) is 42.5 Å². The molecule has 0 aliphatic carbocycles. The van der Waals surface area contributed by atoms with Gasteiger partial charge in [0.1, 0.15) is 0 Å². The smallest absolute Gasteiger partial charge is 0.255 e. The highest BCUT2D eigenvalue weighted by Crippen LogP contribution is 2.23. The number of benzene rings is 2. The van der Waals surface area contributed by atoms with Gasteiger partial charge < -0.3 is 15.7 Å². The molecule has 1 amide bonds. The molecule has 4 heteroatoms. The molecule has 0 radical (unpaired) electrons. The van der Waals surface area contributed by atoms with Crippen LogP contribution in [0.3, 0.4) is 0 Å². The second-order valence-electron chi connectivity index (χ2n) is 5.21. The summed E-state index contributed by atoms with van der Waals surface area (Å²) in [4.78, 5) is 12.3. The number of amides is 1. The van der Waals surface area contributed by atoms with Crippen molar-refractivity contribution in [1.29, 1.82) is 0 Å². The number of fused-ring (bicyclic) bond motifs is 1. The summed E-state index contributed by atoms with van der Waals surface area (Å²) < 4.78 is 0. The first-order valence-electron chi connectivity index (χ1n) is 7.14. The molecule has 0 saturated heterocycles. The van der Waals surface area contributed by atoms with Gasteiger partial charge in [0, 0.05) is 23.5 Å². The van der Waals surface area contributed by atoms with Gasteiger partial charge in [-0.3, -0.25) is 4.79 Å². The molecule has 0 spiro atoms. The summed E-state index contributed by atoms with van der Waals surface area (Å²) in [7, 11) is 0. The Morgan fingerprint density at radius 2 is 2.14 bits per heavy atom. The molecule has 21 heavy (non-hydrogen) atoms. The van der Waals surface area contributed by atoms with Crippen LogP contribution in [0.25, 0.3) is 0 Å². The molecule has 1 aliphatic rings. The van der Waals surface area contributed by atoms with Crippen molar-refractivity contribution in [2.24, 2.45) is 0 Å². The molecule has 1 aliphatic heterocycles. The van der Waals surface area contributed by atoms with E-state index in [0.29, 0.717) is 11.3 Å². The summed E-state index contributed by atoms with van der Waals surface area (Å²) in [5.41, 5.74) is 4.45. The van der Waals surface area contributed by atoms with Crippen molar-refractivity contribution in [3.8, 4) is 0 Å². The number of carbonyl (C=O) groups is 1. The average Bonchev–Trinajstić information content (AvgIpc) is 2.54. The lowest BCUT2D eigenvalue weighted by Crippen LogP contribution is -2.15. The summed E-state index contributed by atoms with van der Waals surface area (Å²) >= 11 is 0. The molecule has 0 fully saturated rings. The van der Waals surface area contributed by atoms with Crippen LogP contribution in [0.2, 0.25) is 0 Å². The minimum atomic E-state index is -0.126. The summed E-state index contributed by atoms with van der Waals surface area (Å²) in [5.74, 6) is -0.126. The van der Waals surface area contributed by atoms with E-state index in [1.165, 1.54) is 5.56 Å². The monoisotopic (exact) mass is 282 g/mol. The van der Waals surface area contributed by atoms with Crippen LogP contribution in [-0.2, 0) is 13.0 Å². The minimum Gasteiger partial charge on any atom is -0.392 e. The molecule has 4 nitrogen and oxygen atoms in total. The lowest BCUT2D eigenvalue weighted by molar-refractivity contribution is 0.102. The zero-order valence-electron chi connectivity index (χ0n) is 11.7. The van der Waals surface area contributed by atoms with E-state index in [1.807, 2.05) is 36.4 Å². The highest BCUT2D eigenvalue weighted by Gasteiger charge is 2.12. The fourth-order valence-electron chi connectivity index (χ4n) is 2.57. The van der Waals surface area contributed by atoms with E-state index in [0.717, 1.165) is 30.6 Å². The number of rotatable bonds is 3. The molecule has 0 unspecified atom stereocenters. The van der Waals surface area contributed by atoms with Crippen molar-refractivity contribution in [2.45, 2.75) is 19.4 Å². The van der Waals surface area contributed by atoms with Crippen molar-refractivity contribution in [1.82, 2.24) is 0 Å². The van der Waals surface area contributed by atoms with Gasteiger partial charge in [0.15, 0.2) is 0 Å². The lowest BCUT2D eigenvalue weighted by atomic mass is 10.0. The molecule has 0 bridgehead atoms. The highest BCUT2D eigenvalue weighted by atomic mass is 16.3. The molecule has 0 atom stereocenters. The molecule has 0 aromatic heterocycles. The number of aliphatic hydroxyl groups is 1. The van der Waals surface area contributed by atoms with Crippen molar-refractivity contribution in [3.63, 3.8) is 0 Å². The molecular weight excluding hydrogens is 264 g/mol. The largest absolute Gasteiger partial charge is 0.392 e. The highest BCUT2D eigenvalue weighted by molar-refractivity contribution is 6.04. The third kappa shape index (κ3) is 3.06. The van der Waals surface area contributed by atoms with E-state index >= 15 is 0 Å². The summed E-state index contributed by atoms with van der Waals surface area (Å²) in [6.45, 7) is 0.959. The quantitative estimate of drug-likeness (QED) is 0.811. The number of aliphatic hydroxyl groups excluding tert-OH is 1. The third-order valence-corrected chi connectivity index (χ3v) is 3.67.